The van der Waals surface area contributed by atoms with Crippen molar-refractivity contribution < 1.29 is 19.4 Å². The quantitative estimate of drug-likeness (QED) is 0.606. The van der Waals surface area contributed by atoms with E-state index in [9.17, 15) is 14.7 Å². The van der Waals surface area contributed by atoms with Crippen molar-refractivity contribution in [3.63, 3.8) is 0 Å². The number of carboxylic acid groups (broad SMARTS) is 1. The van der Waals surface area contributed by atoms with Gasteiger partial charge in [0.05, 0.1) is 0 Å². The van der Waals surface area contributed by atoms with Gasteiger partial charge in [-0.1, -0.05) is 78.9 Å². The highest BCUT2D eigenvalue weighted by Gasteiger charge is 2.29. The molecule has 1 unspecified atom stereocenters. The molecule has 2 N–H and O–H groups in total. The summed E-state index contributed by atoms with van der Waals surface area (Å²) in [6.45, 7) is 0.158. The Morgan fingerprint density at radius 3 is 2.03 bits per heavy atom. The van der Waals surface area contributed by atoms with Gasteiger partial charge in [0.15, 0.2) is 0 Å². The summed E-state index contributed by atoms with van der Waals surface area (Å²) >= 11 is 0. The molecule has 1 aliphatic carbocycles. The van der Waals surface area contributed by atoms with Crippen molar-refractivity contribution in [3.05, 3.63) is 95.6 Å². The lowest BCUT2D eigenvalue weighted by Crippen LogP contribution is -2.41. The van der Waals surface area contributed by atoms with Crippen LogP contribution in [0.1, 0.15) is 29.0 Å². The Morgan fingerprint density at radius 1 is 0.867 bits per heavy atom. The summed E-state index contributed by atoms with van der Waals surface area (Å²) in [4.78, 5) is 23.9. The second-order valence-corrected chi connectivity index (χ2v) is 7.38. The van der Waals surface area contributed by atoms with Crippen LogP contribution in [0.3, 0.4) is 0 Å². The number of carbonyl (C=O) groups excluding carboxylic acids is 1. The smallest absolute Gasteiger partial charge is 0.407 e. The van der Waals surface area contributed by atoms with Gasteiger partial charge in [-0.25, -0.2) is 9.59 Å². The standard InChI is InChI=1S/C25H23NO4/c27-24(28)23(15-14-17-8-2-1-3-9-17)26-25(29)30-16-22-20-12-6-4-10-18(20)19-11-5-7-13-21(19)22/h1-13,22-23H,14-16H2,(H,26,29)(H,27,28). The lowest BCUT2D eigenvalue weighted by atomic mass is 9.98. The third kappa shape index (κ3) is 4.20. The lowest BCUT2D eigenvalue weighted by Gasteiger charge is -2.17. The molecule has 0 spiro atoms. The first kappa shape index (κ1) is 19.7. The Hall–Kier alpha value is -3.60. The van der Waals surface area contributed by atoms with E-state index in [2.05, 4.69) is 17.4 Å². The Kier molecular flexibility index (Phi) is 5.80. The minimum Gasteiger partial charge on any atom is -0.480 e. The second kappa shape index (κ2) is 8.82. The maximum Gasteiger partial charge on any atom is 0.407 e. The van der Waals surface area contributed by atoms with Gasteiger partial charge < -0.3 is 15.2 Å². The minimum absolute atomic E-state index is 0.0595. The molecule has 0 saturated carbocycles. The zero-order valence-electron chi connectivity index (χ0n) is 16.5. The number of carboxylic acids is 1. The summed E-state index contributed by atoms with van der Waals surface area (Å²) in [5.41, 5.74) is 5.55. The van der Waals surface area contributed by atoms with Crippen LogP contribution in [0, 0.1) is 0 Å². The maximum absolute atomic E-state index is 12.4. The molecule has 4 rings (SSSR count). The summed E-state index contributed by atoms with van der Waals surface area (Å²) in [5, 5.41) is 12.0. The van der Waals surface area contributed by atoms with Gasteiger partial charge in [-0.05, 0) is 40.7 Å². The number of ether oxygens (including phenoxy) is 1. The summed E-state index contributed by atoms with van der Waals surface area (Å²) < 4.78 is 5.46. The van der Waals surface area contributed by atoms with Crippen molar-refractivity contribution in [2.45, 2.75) is 24.8 Å². The summed E-state index contributed by atoms with van der Waals surface area (Å²) in [6.07, 6.45) is 0.141. The number of carbonyl (C=O) groups is 2. The predicted molar refractivity (Wildman–Crippen MR) is 114 cm³/mol. The molecule has 0 fully saturated rings. The topological polar surface area (TPSA) is 75.6 Å². The molecule has 3 aromatic carbocycles. The molecular weight excluding hydrogens is 378 g/mol. The molecule has 0 radical (unpaired) electrons. The van der Waals surface area contributed by atoms with Crippen molar-refractivity contribution >= 4 is 12.1 Å². The fourth-order valence-corrected chi connectivity index (χ4v) is 4.00. The Labute approximate surface area is 175 Å². The third-order valence-corrected chi connectivity index (χ3v) is 5.50. The zero-order valence-corrected chi connectivity index (χ0v) is 16.5. The SMILES string of the molecule is O=C(NC(CCc1ccccc1)C(=O)O)OCC1c2ccccc2-c2ccccc21. The zero-order chi connectivity index (χ0) is 20.9. The van der Waals surface area contributed by atoms with Gasteiger partial charge in [-0.15, -0.1) is 0 Å². The Balaban J connectivity index is 1.38. The molecule has 30 heavy (non-hydrogen) atoms. The fraction of sp³-hybridized carbons (Fsp3) is 0.200. The van der Waals surface area contributed by atoms with E-state index in [1.807, 2.05) is 66.7 Å². The molecule has 0 aliphatic heterocycles. The number of hydrogen-bond acceptors (Lipinski definition) is 3. The molecule has 5 nitrogen and oxygen atoms in total. The van der Waals surface area contributed by atoms with Gasteiger partial charge in [0, 0.05) is 5.92 Å². The van der Waals surface area contributed by atoms with E-state index in [1.54, 1.807) is 0 Å². The van der Waals surface area contributed by atoms with Gasteiger partial charge in [0.2, 0.25) is 0 Å². The van der Waals surface area contributed by atoms with Gasteiger partial charge in [0.25, 0.3) is 0 Å². The highest BCUT2D eigenvalue weighted by atomic mass is 16.5. The largest absolute Gasteiger partial charge is 0.480 e. The average molecular weight is 401 g/mol. The summed E-state index contributed by atoms with van der Waals surface area (Å²) in [7, 11) is 0. The molecular formula is C25H23NO4. The number of amides is 1. The van der Waals surface area contributed by atoms with Crippen LogP contribution >= 0.6 is 0 Å². The van der Waals surface area contributed by atoms with Crippen LogP contribution in [-0.4, -0.2) is 29.8 Å². The fourth-order valence-electron chi connectivity index (χ4n) is 4.00. The molecule has 0 heterocycles. The van der Waals surface area contributed by atoms with Gasteiger partial charge in [-0.3, -0.25) is 0 Å². The van der Waals surface area contributed by atoms with E-state index in [0.717, 1.165) is 27.8 Å². The third-order valence-electron chi connectivity index (χ3n) is 5.50. The van der Waals surface area contributed by atoms with Crippen LogP contribution in [-0.2, 0) is 16.0 Å². The monoisotopic (exact) mass is 401 g/mol. The van der Waals surface area contributed by atoms with Crippen molar-refractivity contribution in [2.75, 3.05) is 6.61 Å². The Morgan fingerprint density at radius 2 is 1.43 bits per heavy atom. The van der Waals surface area contributed by atoms with E-state index >= 15 is 0 Å². The van der Waals surface area contributed by atoms with Crippen molar-refractivity contribution in [1.82, 2.24) is 5.32 Å². The van der Waals surface area contributed by atoms with Crippen molar-refractivity contribution in [2.24, 2.45) is 0 Å². The number of aryl methyl sites for hydroxylation is 1. The highest BCUT2D eigenvalue weighted by molar-refractivity contribution is 5.81. The number of nitrogens with one attached hydrogen (secondary N) is 1. The van der Waals surface area contributed by atoms with E-state index in [1.165, 1.54) is 0 Å². The molecule has 1 aliphatic rings. The first-order valence-corrected chi connectivity index (χ1v) is 10.0. The minimum atomic E-state index is -1.07. The number of benzene rings is 3. The van der Waals surface area contributed by atoms with E-state index in [4.69, 9.17) is 4.74 Å². The molecule has 3 aromatic rings. The average Bonchev–Trinajstić information content (AvgIpc) is 3.09. The summed E-state index contributed by atoms with van der Waals surface area (Å²) in [5.74, 6) is -1.13. The van der Waals surface area contributed by atoms with Gasteiger partial charge in [-0.2, -0.15) is 0 Å². The molecule has 152 valence electrons. The number of rotatable bonds is 7. The molecule has 0 aromatic heterocycles. The van der Waals surface area contributed by atoms with Gasteiger partial charge in [0.1, 0.15) is 12.6 Å². The first-order chi connectivity index (χ1) is 14.6. The second-order valence-electron chi connectivity index (χ2n) is 7.38. The van der Waals surface area contributed by atoms with Crippen molar-refractivity contribution in [1.29, 1.82) is 0 Å². The van der Waals surface area contributed by atoms with E-state index in [-0.39, 0.29) is 12.5 Å². The first-order valence-electron chi connectivity index (χ1n) is 10.0. The number of fused-ring (bicyclic) bond motifs is 3. The molecule has 0 bridgehead atoms. The van der Waals surface area contributed by atoms with Crippen LogP contribution in [0.25, 0.3) is 11.1 Å². The van der Waals surface area contributed by atoms with Gasteiger partial charge >= 0.3 is 12.1 Å². The predicted octanol–water partition coefficient (Wildman–Crippen LogP) is 4.61. The van der Waals surface area contributed by atoms with Crippen LogP contribution in [0.5, 0.6) is 0 Å². The highest BCUT2D eigenvalue weighted by Crippen LogP contribution is 2.44. The number of aliphatic carboxylic acids is 1. The molecule has 5 heteroatoms. The number of hydrogen-bond donors (Lipinski definition) is 2. The molecule has 1 atom stereocenters. The van der Waals surface area contributed by atoms with Crippen LogP contribution in [0.15, 0.2) is 78.9 Å². The van der Waals surface area contributed by atoms with E-state index < -0.39 is 18.1 Å². The normalized spacial score (nSPS) is 13.2. The van der Waals surface area contributed by atoms with Crippen LogP contribution in [0.2, 0.25) is 0 Å². The summed E-state index contributed by atoms with van der Waals surface area (Å²) in [6, 6.07) is 24.8. The number of alkyl carbamates (subject to hydrolysis) is 1. The molecule has 0 saturated heterocycles. The van der Waals surface area contributed by atoms with Crippen LogP contribution < -0.4 is 5.32 Å². The molecule has 1 amide bonds. The van der Waals surface area contributed by atoms with Crippen molar-refractivity contribution in [3.8, 4) is 11.1 Å². The Bertz CT molecular complexity index is 1000. The lowest BCUT2D eigenvalue weighted by molar-refractivity contribution is -0.139. The van der Waals surface area contributed by atoms with Crippen LogP contribution in [0.4, 0.5) is 4.79 Å². The maximum atomic E-state index is 12.4. The van der Waals surface area contributed by atoms with E-state index in [0.29, 0.717) is 12.8 Å².